The number of carbonyl (C=O) groups excluding carboxylic acids is 1. The number of halogens is 3. The van der Waals surface area contributed by atoms with Crippen molar-refractivity contribution in [2.24, 2.45) is 0 Å². The van der Waals surface area contributed by atoms with Crippen LogP contribution in [-0.2, 0) is 38.8 Å². The molecule has 0 radical (unpaired) electrons. The second-order valence-electron chi connectivity index (χ2n) is 5.67. The monoisotopic (exact) mass is 401 g/mol. The summed E-state index contributed by atoms with van der Waals surface area (Å²) in [5.74, 6) is -0.640. The Balaban J connectivity index is 1.91. The van der Waals surface area contributed by atoms with E-state index in [0.717, 1.165) is 6.07 Å². The van der Waals surface area contributed by atoms with Crippen LogP contribution in [0, 0.1) is 0 Å². The molecule has 27 heavy (non-hydrogen) atoms. The maximum Gasteiger partial charge on any atom is 0.416 e. The fourth-order valence-electron chi connectivity index (χ4n) is 2.35. The molecular formula is C18H18F3NO4S. The molecule has 9 heteroatoms. The molecule has 0 fully saturated rings. The first-order valence-corrected chi connectivity index (χ1v) is 9.45. The van der Waals surface area contributed by atoms with Gasteiger partial charge in [0.1, 0.15) is 6.61 Å². The van der Waals surface area contributed by atoms with Crippen molar-refractivity contribution in [1.29, 1.82) is 0 Å². The van der Waals surface area contributed by atoms with Gasteiger partial charge in [0.2, 0.25) is 10.0 Å². The average molecular weight is 401 g/mol. The van der Waals surface area contributed by atoms with E-state index in [9.17, 15) is 26.4 Å². The molecule has 2 aromatic carbocycles. The largest absolute Gasteiger partial charge is 0.461 e. The van der Waals surface area contributed by atoms with Gasteiger partial charge in [-0.25, -0.2) is 13.1 Å². The summed E-state index contributed by atoms with van der Waals surface area (Å²) in [4.78, 5) is 11.9. The van der Waals surface area contributed by atoms with Gasteiger partial charge < -0.3 is 4.74 Å². The number of alkyl halides is 3. The molecular weight excluding hydrogens is 383 g/mol. The predicted molar refractivity (Wildman–Crippen MR) is 92.2 cm³/mol. The fraction of sp³-hybridized carbons (Fsp3) is 0.278. The molecule has 2 rings (SSSR count). The van der Waals surface area contributed by atoms with E-state index >= 15 is 0 Å². The third kappa shape index (κ3) is 5.80. The highest BCUT2D eigenvalue weighted by molar-refractivity contribution is 7.89. The summed E-state index contributed by atoms with van der Waals surface area (Å²) in [6.07, 6.45) is -4.27. The zero-order chi connectivity index (χ0) is 20.1. The minimum atomic E-state index is -4.52. The Labute approximate surface area is 155 Å². The highest BCUT2D eigenvalue weighted by Gasteiger charge is 2.33. The van der Waals surface area contributed by atoms with Gasteiger partial charge in [-0.1, -0.05) is 30.3 Å². The van der Waals surface area contributed by atoms with Crippen molar-refractivity contribution in [3.8, 4) is 0 Å². The van der Waals surface area contributed by atoms with Gasteiger partial charge in [-0.15, -0.1) is 0 Å². The summed E-state index contributed by atoms with van der Waals surface area (Å²) in [6, 6.07) is 10.9. The summed E-state index contributed by atoms with van der Waals surface area (Å²) in [5.41, 5.74) is -0.239. The fourth-order valence-corrected chi connectivity index (χ4v) is 3.08. The molecule has 0 aliphatic rings. The lowest BCUT2D eigenvalue weighted by atomic mass is 10.1. The van der Waals surface area contributed by atoms with Gasteiger partial charge in [-0.2, -0.15) is 13.2 Å². The van der Waals surface area contributed by atoms with Gasteiger partial charge in [0.05, 0.1) is 10.5 Å². The van der Waals surface area contributed by atoms with E-state index in [1.807, 2.05) is 0 Å². The first-order chi connectivity index (χ1) is 12.6. The lowest BCUT2D eigenvalue weighted by Gasteiger charge is -2.12. The maximum absolute atomic E-state index is 12.9. The van der Waals surface area contributed by atoms with E-state index < -0.39 is 34.3 Å². The number of sulfonamides is 1. The van der Waals surface area contributed by atoms with Gasteiger partial charge >= 0.3 is 12.1 Å². The molecule has 0 aromatic heterocycles. The molecule has 0 saturated heterocycles. The van der Waals surface area contributed by atoms with Crippen LogP contribution in [0.5, 0.6) is 0 Å². The van der Waals surface area contributed by atoms with Crippen molar-refractivity contribution >= 4 is 16.0 Å². The van der Waals surface area contributed by atoms with E-state index in [-0.39, 0.29) is 23.3 Å². The third-order valence-corrected chi connectivity index (χ3v) is 5.26. The van der Waals surface area contributed by atoms with Gasteiger partial charge in [0, 0.05) is 12.0 Å². The molecule has 0 aliphatic carbocycles. The number of nitrogens with one attached hydrogen (secondary N) is 1. The van der Waals surface area contributed by atoms with E-state index in [2.05, 4.69) is 4.72 Å². The number of benzene rings is 2. The Hall–Kier alpha value is -2.39. The zero-order valence-electron chi connectivity index (χ0n) is 14.4. The number of carbonyl (C=O) groups is 1. The SMILES string of the molecule is CNS(=O)(=O)c1ccc(CCC(=O)OCc2ccccc2C(F)(F)F)cc1. The second kappa shape index (κ2) is 8.53. The average Bonchev–Trinajstić information content (AvgIpc) is 2.64. The van der Waals surface area contributed by atoms with E-state index in [1.165, 1.54) is 37.4 Å². The van der Waals surface area contributed by atoms with Crippen molar-refractivity contribution in [3.05, 3.63) is 65.2 Å². The number of aryl methyl sites for hydroxylation is 1. The summed E-state index contributed by atoms with van der Waals surface area (Å²) in [5, 5.41) is 0. The molecule has 0 saturated carbocycles. The van der Waals surface area contributed by atoms with Gasteiger partial charge in [0.15, 0.2) is 0 Å². The molecule has 0 heterocycles. The molecule has 5 nitrogen and oxygen atoms in total. The zero-order valence-corrected chi connectivity index (χ0v) is 15.2. The molecule has 0 atom stereocenters. The highest BCUT2D eigenvalue weighted by atomic mass is 32.2. The third-order valence-electron chi connectivity index (χ3n) is 3.83. The molecule has 0 bridgehead atoms. The van der Waals surface area contributed by atoms with Crippen LogP contribution in [0.4, 0.5) is 13.2 Å². The summed E-state index contributed by atoms with van der Waals surface area (Å²) < 4.78 is 69.1. The number of hydrogen-bond donors (Lipinski definition) is 1. The molecule has 2 aromatic rings. The lowest BCUT2D eigenvalue weighted by Crippen LogP contribution is -2.18. The lowest BCUT2D eigenvalue weighted by molar-refractivity contribution is -0.147. The Morgan fingerprint density at radius 1 is 1.07 bits per heavy atom. The second-order valence-corrected chi connectivity index (χ2v) is 7.55. The van der Waals surface area contributed by atoms with Crippen LogP contribution in [0.2, 0.25) is 0 Å². The summed E-state index contributed by atoms with van der Waals surface area (Å²) in [7, 11) is -2.23. The summed E-state index contributed by atoms with van der Waals surface area (Å²) >= 11 is 0. The highest BCUT2D eigenvalue weighted by Crippen LogP contribution is 2.32. The number of hydrogen-bond acceptors (Lipinski definition) is 4. The van der Waals surface area contributed by atoms with Crippen LogP contribution in [0.1, 0.15) is 23.1 Å². The molecule has 0 amide bonds. The van der Waals surface area contributed by atoms with Crippen molar-refractivity contribution in [2.75, 3.05) is 7.05 Å². The van der Waals surface area contributed by atoms with Crippen LogP contribution >= 0.6 is 0 Å². The van der Waals surface area contributed by atoms with Crippen LogP contribution in [0.25, 0.3) is 0 Å². The number of rotatable bonds is 7. The van der Waals surface area contributed by atoms with Crippen LogP contribution in [0.15, 0.2) is 53.4 Å². The van der Waals surface area contributed by atoms with Crippen molar-refractivity contribution in [1.82, 2.24) is 4.72 Å². The standard InChI is InChI=1S/C18H18F3NO4S/c1-22-27(24,25)15-9-6-13(7-10-15)8-11-17(23)26-12-14-4-2-3-5-16(14)18(19,20)21/h2-7,9-10,22H,8,11-12H2,1H3. The number of esters is 1. The van der Waals surface area contributed by atoms with Crippen molar-refractivity contribution < 1.29 is 31.1 Å². The van der Waals surface area contributed by atoms with Crippen molar-refractivity contribution in [3.63, 3.8) is 0 Å². The van der Waals surface area contributed by atoms with Gasteiger partial charge in [0.25, 0.3) is 0 Å². The predicted octanol–water partition coefficient (Wildman–Crippen LogP) is 3.29. The van der Waals surface area contributed by atoms with E-state index in [0.29, 0.717) is 5.56 Å². The molecule has 0 unspecified atom stereocenters. The first-order valence-electron chi connectivity index (χ1n) is 7.96. The smallest absolute Gasteiger partial charge is 0.416 e. The quantitative estimate of drug-likeness (QED) is 0.723. The maximum atomic E-state index is 12.9. The van der Waals surface area contributed by atoms with Gasteiger partial charge in [-0.05, 0) is 37.2 Å². The normalized spacial score (nSPS) is 12.0. The van der Waals surface area contributed by atoms with Crippen LogP contribution in [-0.4, -0.2) is 21.4 Å². The molecule has 0 spiro atoms. The molecule has 146 valence electrons. The minimum Gasteiger partial charge on any atom is -0.461 e. The Bertz CT molecular complexity index is 894. The van der Waals surface area contributed by atoms with E-state index in [1.54, 1.807) is 12.1 Å². The minimum absolute atomic E-state index is 0.0354. The summed E-state index contributed by atoms with van der Waals surface area (Å²) in [6.45, 7) is -0.464. The van der Waals surface area contributed by atoms with Crippen LogP contribution in [0.3, 0.4) is 0 Å². The molecule has 0 aliphatic heterocycles. The Morgan fingerprint density at radius 2 is 1.70 bits per heavy atom. The Morgan fingerprint density at radius 3 is 2.30 bits per heavy atom. The van der Waals surface area contributed by atoms with Crippen LogP contribution < -0.4 is 4.72 Å². The molecule has 1 N–H and O–H groups in total. The van der Waals surface area contributed by atoms with E-state index in [4.69, 9.17) is 4.74 Å². The number of ether oxygens (including phenoxy) is 1. The first kappa shape index (κ1) is 20.9. The Kier molecular flexibility index (Phi) is 6.61. The van der Waals surface area contributed by atoms with Gasteiger partial charge in [-0.3, -0.25) is 4.79 Å². The van der Waals surface area contributed by atoms with Crippen molar-refractivity contribution in [2.45, 2.75) is 30.5 Å². The topological polar surface area (TPSA) is 72.5 Å².